The van der Waals surface area contributed by atoms with Crippen LogP contribution in [0.25, 0.3) is 0 Å². The molecule has 130 valence electrons. The molecule has 25 heavy (non-hydrogen) atoms. The van der Waals surface area contributed by atoms with Crippen LogP contribution < -0.4 is 4.90 Å². The van der Waals surface area contributed by atoms with Crippen molar-refractivity contribution in [1.29, 1.82) is 0 Å². The lowest BCUT2D eigenvalue weighted by Gasteiger charge is -2.32. The van der Waals surface area contributed by atoms with Gasteiger partial charge < -0.3 is 4.74 Å². The number of ether oxygens (including phenoxy) is 1. The third kappa shape index (κ3) is 4.50. The van der Waals surface area contributed by atoms with Crippen LogP contribution in [0, 0.1) is 5.92 Å². The molecular formula is C22H25NO2. The fraction of sp³-hybridized carbons (Fsp3) is 0.318. The van der Waals surface area contributed by atoms with Crippen LogP contribution >= 0.6 is 0 Å². The first kappa shape index (κ1) is 17.3. The Morgan fingerprint density at radius 2 is 1.92 bits per heavy atom. The molecule has 0 bridgehead atoms. The number of fused-ring (bicyclic) bond motifs is 1. The van der Waals surface area contributed by atoms with Gasteiger partial charge in [-0.25, -0.2) is 4.79 Å². The molecule has 0 aromatic heterocycles. The third-order valence-corrected chi connectivity index (χ3v) is 4.47. The summed E-state index contributed by atoms with van der Waals surface area (Å²) < 4.78 is 5.56. The highest BCUT2D eigenvalue weighted by atomic mass is 16.6. The number of anilines is 1. The van der Waals surface area contributed by atoms with Crippen molar-refractivity contribution in [1.82, 2.24) is 0 Å². The van der Waals surface area contributed by atoms with E-state index in [2.05, 4.69) is 25.1 Å². The summed E-state index contributed by atoms with van der Waals surface area (Å²) >= 11 is 0. The maximum atomic E-state index is 12.7. The second-order valence-electron chi connectivity index (χ2n) is 6.46. The molecule has 0 saturated heterocycles. The van der Waals surface area contributed by atoms with Crippen LogP contribution in [0.4, 0.5) is 10.5 Å². The molecule has 0 radical (unpaired) electrons. The van der Waals surface area contributed by atoms with Crippen molar-refractivity contribution in [2.24, 2.45) is 5.92 Å². The number of para-hydroxylation sites is 1. The van der Waals surface area contributed by atoms with Crippen LogP contribution in [0.1, 0.15) is 30.9 Å². The zero-order valence-corrected chi connectivity index (χ0v) is 14.7. The average molecular weight is 335 g/mol. The van der Waals surface area contributed by atoms with E-state index in [1.165, 1.54) is 5.56 Å². The third-order valence-electron chi connectivity index (χ3n) is 4.47. The number of hydrogen-bond donors (Lipinski definition) is 0. The highest BCUT2D eigenvalue weighted by Gasteiger charge is 2.28. The van der Waals surface area contributed by atoms with E-state index in [4.69, 9.17) is 4.74 Å². The Morgan fingerprint density at radius 1 is 1.16 bits per heavy atom. The fourth-order valence-corrected chi connectivity index (χ4v) is 3.18. The normalized spacial score (nSPS) is 16.7. The molecule has 0 aliphatic carbocycles. The topological polar surface area (TPSA) is 29.5 Å². The van der Waals surface area contributed by atoms with Gasteiger partial charge in [0.15, 0.2) is 0 Å². The van der Waals surface area contributed by atoms with E-state index in [0.29, 0.717) is 19.1 Å². The first-order valence-electron chi connectivity index (χ1n) is 9.00. The van der Waals surface area contributed by atoms with Crippen molar-refractivity contribution < 1.29 is 9.53 Å². The first-order valence-corrected chi connectivity index (χ1v) is 9.00. The summed E-state index contributed by atoms with van der Waals surface area (Å²) in [6, 6.07) is 17.9. The second kappa shape index (κ2) is 8.52. The fourth-order valence-electron chi connectivity index (χ4n) is 3.18. The number of hydrogen-bond acceptors (Lipinski definition) is 2. The first-order chi connectivity index (χ1) is 12.3. The second-order valence-corrected chi connectivity index (χ2v) is 6.46. The summed E-state index contributed by atoms with van der Waals surface area (Å²) in [4.78, 5) is 14.5. The predicted molar refractivity (Wildman–Crippen MR) is 102 cm³/mol. The summed E-state index contributed by atoms with van der Waals surface area (Å²) in [5, 5.41) is 0. The molecule has 2 aromatic carbocycles. The molecule has 1 aliphatic heterocycles. The lowest BCUT2D eigenvalue weighted by atomic mass is 9.92. The number of allylic oxidation sites excluding steroid dienone is 1. The lowest BCUT2D eigenvalue weighted by Crippen LogP contribution is -2.39. The standard InChI is InChI=1S/C22H25NO2/c1-2-3-5-12-19-15-20-13-8-9-14-21(20)23(16-19)22(24)25-17-18-10-6-4-7-11-18/h4-14,19H,2-3,15-17H2,1H3/b12-5+. The van der Waals surface area contributed by atoms with E-state index in [1.54, 1.807) is 4.90 Å². The van der Waals surface area contributed by atoms with Gasteiger partial charge in [-0.1, -0.05) is 74.0 Å². The van der Waals surface area contributed by atoms with Crippen LogP contribution in [0.15, 0.2) is 66.7 Å². The van der Waals surface area contributed by atoms with Crippen molar-refractivity contribution in [3.63, 3.8) is 0 Å². The summed E-state index contributed by atoms with van der Waals surface area (Å²) in [6.07, 6.45) is 7.39. The lowest BCUT2D eigenvalue weighted by molar-refractivity contribution is 0.146. The maximum Gasteiger partial charge on any atom is 0.414 e. The molecule has 1 unspecified atom stereocenters. The van der Waals surface area contributed by atoms with E-state index in [1.807, 2.05) is 48.5 Å². The zero-order valence-electron chi connectivity index (χ0n) is 14.7. The van der Waals surface area contributed by atoms with Gasteiger partial charge in [0.1, 0.15) is 6.61 Å². The number of amides is 1. The minimum absolute atomic E-state index is 0.273. The smallest absolute Gasteiger partial charge is 0.414 e. The molecule has 0 N–H and O–H groups in total. The zero-order chi connectivity index (χ0) is 17.5. The molecule has 0 fully saturated rings. The number of nitrogens with zero attached hydrogens (tertiary/aromatic N) is 1. The molecule has 3 rings (SSSR count). The Balaban J connectivity index is 1.72. The minimum atomic E-state index is -0.273. The molecule has 1 aliphatic rings. The number of rotatable bonds is 5. The van der Waals surface area contributed by atoms with Crippen LogP contribution in [0.3, 0.4) is 0 Å². The molecule has 0 spiro atoms. The Labute approximate surface area is 149 Å². The predicted octanol–water partition coefficient (Wildman–Crippen LogP) is 5.36. The SMILES string of the molecule is CCC/C=C/C1Cc2ccccc2N(C(=O)OCc2ccccc2)C1. The van der Waals surface area contributed by atoms with Crippen molar-refractivity contribution in [2.75, 3.05) is 11.4 Å². The number of unbranched alkanes of at least 4 members (excludes halogenated alkanes) is 1. The molecule has 1 atom stereocenters. The molecule has 3 heteroatoms. The Kier molecular flexibility index (Phi) is 5.89. The van der Waals surface area contributed by atoms with Gasteiger partial charge in [0.05, 0.1) is 5.69 Å². The van der Waals surface area contributed by atoms with E-state index in [9.17, 15) is 4.79 Å². The van der Waals surface area contributed by atoms with Gasteiger partial charge >= 0.3 is 6.09 Å². The summed E-state index contributed by atoms with van der Waals surface area (Å²) in [5.74, 6) is 0.339. The van der Waals surface area contributed by atoms with Gasteiger partial charge in [0.2, 0.25) is 0 Å². The van der Waals surface area contributed by atoms with Gasteiger partial charge in [-0.15, -0.1) is 0 Å². The van der Waals surface area contributed by atoms with E-state index in [0.717, 1.165) is 30.5 Å². The van der Waals surface area contributed by atoms with E-state index >= 15 is 0 Å². The van der Waals surface area contributed by atoms with E-state index in [-0.39, 0.29) is 6.09 Å². The van der Waals surface area contributed by atoms with Crippen LogP contribution in [-0.2, 0) is 17.8 Å². The largest absolute Gasteiger partial charge is 0.444 e. The van der Waals surface area contributed by atoms with Gasteiger partial charge in [-0.05, 0) is 36.0 Å². The summed E-state index contributed by atoms with van der Waals surface area (Å²) in [5.41, 5.74) is 3.18. The summed E-state index contributed by atoms with van der Waals surface area (Å²) in [6.45, 7) is 3.15. The molecule has 2 aromatic rings. The van der Waals surface area contributed by atoms with Crippen LogP contribution in [0.5, 0.6) is 0 Å². The maximum absolute atomic E-state index is 12.7. The highest BCUT2D eigenvalue weighted by Crippen LogP contribution is 2.31. The molecular weight excluding hydrogens is 310 g/mol. The van der Waals surface area contributed by atoms with Gasteiger partial charge in [-0.2, -0.15) is 0 Å². The molecule has 1 heterocycles. The van der Waals surface area contributed by atoms with Crippen molar-refractivity contribution in [3.05, 3.63) is 77.9 Å². The average Bonchev–Trinajstić information content (AvgIpc) is 2.66. The van der Waals surface area contributed by atoms with Crippen molar-refractivity contribution in [3.8, 4) is 0 Å². The number of carbonyl (C=O) groups excluding carboxylic acids is 1. The number of carbonyl (C=O) groups is 1. The Morgan fingerprint density at radius 3 is 2.72 bits per heavy atom. The van der Waals surface area contributed by atoms with Gasteiger partial charge in [-0.3, -0.25) is 4.90 Å². The van der Waals surface area contributed by atoms with Crippen LogP contribution in [-0.4, -0.2) is 12.6 Å². The quantitative estimate of drug-likeness (QED) is 0.689. The van der Waals surface area contributed by atoms with E-state index < -0.39 is 0 Å². The monoisotopic (exact) mass is 335 g/mol. The van der Waals surface area contributed by atoms with Crippen molar-refractivity contribution >= 4 is 11.8 Å². The minimum Gasteiger partial charge on any atom is -0.444 e. The van der Waals surface area contributed by atoms with Gasteiger partial charge in [0, 0.05) is 6.54 Å². The van der Waals surface area contributed by atoms with Crippen LogP contribution in [0.2, 0.25) is 0 Å². The summed E-state index contributed by atoms with van der Waals surface area (Å²) in [7, 11) is 0. The number of benzene rings is 2. The van der Waals surface area contributed by atoms with Crippen molar-refractivity contribution in [2.45, 2.75) is 32.8 Å². The molecule has 1 amide bonds. The molecule has 3 nitrogen and oxygen atoms in total. The highest BCUT2D eigenvalue weighted by molar-refractivity contribution is 5.89. The Hall–Kier alpha value is -2.55. The molecule has 0 saturated carbocycles. The van der Waals surface area contributed by atoms with Gasteiger partial charge in [0.25, 0.3) is 0 Å². The Bertz CT molecular complexity index is 724.